The first-order chi connectivity index (χ1) is 11.9. The third-order valence-corrected chi connectivity index (χ3v) is 5.20. The Kier molecular flexibility index (Phi) is 4.81. The molecule has 0 N–H and O–H groups in total. The smallest absolute Gasteiger partial charge is 0.00652 e. The van der Waals surface area contributed by atoms with Crippen LogP contribution in [-0.4, -0.2) is 0 Å². The second-order valence-corrected chi connectivity index (χ2v) is 7.46. The molecule has 0 aliphatic heterocycles. The molecule has 3 aromatic rings. The lowest BCUT2D eigenvalue weighted by Gasteiger charge is -2.23. The average Bonchev–Trinajstić information content (AvgIpc) is 2.55. The van der Waals surface area contributed by atoms with E-state index < -0.39 is 0 Å². The summed E-state index contributed by atoms with van der Waals surface area (Å²) in [7, 11) is 0. The van der Waals surface area contributed by atoms with Gasteiger partial charge in [0.25, 0.3) is 0 Å². The molecule has 0 heteroatoms. The molecule has 0 heterocycles. The summed E-state index contributed by atoms with van der Waals surface area (Å²) in [6.07, 6.45) is 0. The molecule has 0 unspecified atom stereocenters. The SMILES string of the molecule is Cc1cccc(C)c1-c1cccc(C(C)C)c1-c1c(C)cccc1C. The summed E-state index contributed by atoms with van der Waals surface area (Å²) < 4.78 is 0. The molecular weight excluding hydrogens is 300 g/mol. The van der Waals surface area contributed by atoms with Gasteiger partial charge < -0.3 is 0 Å². The fourth-order valence-electron chi connectivity index (χ4n) is 3.99. The predicted molar refractivity (Wildman–Crippen MR) is 110 cm³/mol. The van der Waals surface area contributed by atoms with Gasteiger partial charge in [0, 0.05) is 0 Å². The molecule has 0 spiro atoms. The van der Waals surface area contributed by atoms with Crippen molar-refractivity contribution in [2.75, 3.05) is 0 Å². The predicted octanol–water partition coefficient (Wildman–Crippen LogP) is 7.38. The van der Waals surface area contributed by atoms with Crippen molar-refractivity contribution in [3.63, 3.8) is 0 Å². The number of aryl methyl sites for hydroxylation is 4. The molecule has 3 rings (SSSR count). The minimum Gasteiger partial charge on any atom is -0.0617 e. The van der Waals surface area contributed by atoms with Gasteiger partial charge in [0.2, 0.25) is 0 Å². The van der Waals surface area contributed by atoms with Crippen molar-refractivity contribution in [1.29, 1.82) is 0 Å². The molecule has 0 aliphatic carbocycles. The second-order valence-electron chi connectivity index (χ2n) is 7.46. The Hall–Kier alpha value is -2.34. The van der Waals surface area contributed by atoms with E-state index in [1.54, 1.807) is 0 Å². The first-order valence-electron chi connectivity index (χ1n) is 9.18. The van der Waals surface area contributed by atoms with Gasteiger partial charge in [-0.1, -0.05) is 68.4 Å². The van der Waals surface area contributed by atoms with Gasteiger partial charge in [0.1, 0.15) is 0 Å². The molecule has 3 aromatic carbocycles. The third-order valence-electron chi connectivity index (χ3n) is 5.20. The summed E-state index contributed by atoms with van der Waals surface area (Å²) in [4.78, 5) is 0. The van der Waals surface area contributed by atoms with Crippen LogP contribution in [-0.2, 0) is 0 Å². The van der Waals surface area contributed by atoms with Gasteiger partial charge >= 0.3 is 0 Å². The van der Waals surface area contributed by atoms with E-state index in [0.717, 1.165) is 0 Å². The van der Waals surface area contributed by atoms with Gasteiger partial charge in [0.15, 0.2) is 0 Å². The zero-order valence-corrected chi connectivity index (χ0v) is 16.3. The Morgan fingerprint density at radius 3 is 1.44 bits per heavy atom. The molecular formula is C25H28. The van der Waals surface area contributed by atoms with E-state index in [9.17, 15) is 0 Å². The highest BCUT2D eigenvalue weighted by Crippen LogP contribution is 2.42. The highest BCUT2D eigenvalue weighted by Gasteiger charge is 2.19. The first-order valence-corrected chi connectivity index (χ1v) is 9.18. The summed E-state index contributed by atoms with van der Waals surface area (Å²) in [5, 5.41) is 0. The van der Waals surface area contributed by atoms with Crippen molar-refractivity contribution in [2.45, 2.75) is 47.5 Å². The van der Waals surface area contributed by atoms with E-state index in [-0.39, 0.29) is 0 Å². The lowest BCUT2D eigenvalue weighted by atomic mass is 9.81. The molecule has 0 fully saturated rings. The topological polar surface area (TPSA) is 0 Å². The van der Waals surface area contributed by atoms with Gasteiger partial charge in [-0.15, -0.1) is 0 Å². The second kappa shape index (κ2) is 6.88. The van der Waals surface area contributed by atoms with E-state index in [4.69, 9.17) is 0 Å². The quantitative estimate of drug-likeness (QED) is 0.470. The first kappa shape index (κ1) is 17.5. The van der Waals surface area contributed by atoms with Crippen LogP contribution in [0.5, 0.6) is 0 Å². The highest BCUT2D eigenvalue weighted by atomic mass is 14.2. The lowest BCUT2D eigenvalue weighted by Crippen LogP contribution is -2.00. The van der Waals surface area contributed by atoms with Gasteiger partial charge in [-0.05, 0) is 83.7 Å². The maximum atomic E-state index is 2.29. The number of hydrogen-bond acceptors (Lipinski definition) is 0. The standard InChI is InChI=1S/C25H28/c1-16(2)21-14-9-15-22(23-17(3)10-7-11-18(23)4)25(21)24-19(5)12-8-13-20(24)6/h7-16H,1-6H3. The van der Waals surface area contributed by atoms with Crippen LogP contribution < -0.4 is 0 Å². The van der Waals surface area contributed by atoms with Crippen LogP contribution in [0, 0.1) is 27.7 Å². The van der Waals surface area contributed by atoms with Crippen molar-refractivity contribution in [1.82, 2.24) is 0 Å². The Balaban J connectivity index is 2.45. The molecule has 0 atom stereocenters. The molecule has 0 aromatic heterocycles. The van der Waals surface area contributed by atoms with Crippen LogP contribution in [0.15, 0.2) is 54.6 Å². The van der Waals surface area contributed by atoms with Crippen LogP contribution in [0.3, 0.4) is 0 Å². The monoisotopic (exact) mass is 328 g/mol. The fourth-order valence-corrected chi connectivity index (χ4v) is 3.99. The van der Waals surface area contributed by atoms with Crippen LogP contribution in [0.2, 0.25) is 0 Å². The fraction of sp³-hybridized carbons (Fsp3) is 0.280. The normalized spacial score (nSPS) is 11.2. The summed E-state index contributed by atoms with van der Waals surface area (Å²) in [6, 6.07) is 20.0. The zero-order chi connectivity index (χ0) is 18.1. The van der Waals surface area contributed by atoms with Crippen molar-refractivity contribution >= 4 is 0 Å². The summed E-state index contributed by atoms with van der Waals surface area (Å²) in [6.45, 7) is 13.5. The molecule has 128 valence electrons. The third kappa shape index (κ3) is 3.14. The molecule has 0 nitrogen and oxygen atoms in total. The number of rotatable bonds is 3. The average molecular weight is 328 g/mol. The van der Waals surface area contributed by atoms with Crippen molar-refractivity contribution < 1.29 is 0 Å². The number of benzene rings is 3. The maximum Gasteiger partial charge on any atom is -0.00652 e. The Labute approximate surface area is 152 Å². The van der Waals surface area contributed by atoms with Crippen molar-refractivity contribution in [2.24, 2.45) is 0 Å². The highest BCUT2D eigenvalue weighted by molar-refractivity contribution is 5.90. The molecule has 0 aliphatic rings. The summed E-state index contributed by atoms with van der Waals surface area (Å²) in [5.74, 6) is 0.485. The molecule has 0 bridgehead atoms. The van der Waals surface area contributed by atoms with E-state index in [2.05, 4.69) is 96.1 Å². The van der Waals surface area contributed by atoms with E-state index in [1.165, 1.54) is 50.1 Å². The summed E-state index contributed by atoms with van der Waals surface area (Å²) in [5.41, 5.74) is 12.3. The lowest BCUT2D eigenvalue weighted by molar-refractivity contribution is 0.869. The Morgan fingerprint density at radius 1 is 0.520 bits per heavy atom. The van der Waals surface area contributed by atoms with E-state index in [1.807, 2.05) is 0 Å². The molecule has 0 amide bonds. The maximum absolute atomic E-state index is 2.29. The minimum absolute atomic E-state index is 0.485. The van der Waals surface area contributed by atoms with Crippen LogP contribution >= 0.6 is 0 Å². The van der Waals surface area contributed by atoms with Gasteiger partial charge in [-0.2, -0.15) is 0 Å². The van der Waals surface area contributed by atoms with E-state index in [0.29, 0.717) is 5.92 Å². The van der Waals surface area contributed by atoms with Gasteiger partial charge in [-0.25, -0.2) is 0 Å². The van der Waals surface area contributed by atoms with Crippen LogP contribution in [0.1, 0.15) is 47.6 Å². The Bertz CT molecular complexity index is 873. The Morgan fingerprint density at radius 2 is 0.960 bits per heavy atom. The van der Waals surface area contributed by atoms with Crippen molar-refractivity contribution in [3.05, 3.63) is 82.4 Å². The largest absolute Gasteiger partial charge is 0.0617 e. The van der Waals surface area contributed by atoms with E-state index >= 15 is 0 Å². The minimum atomic E-state index is 0.485. The van der Waals surface area contributed by atoms with Crippen molar-refractivity contribution in [3.8, 4) is 22.3 Å². The molecule has 0 saturated heterocycles. The molecule has 25 heavy (non-hydrogen) atoms. The summed E-state index contributed by atoms with van der Waals surface area (Å²) >= 11 is 0. The van der Waals surface area contributed by atoms with Crippen LogP contribution in [0.25, 0.3) is 22.3 Å². The van der Waals surface area contributed by atoms with Gasteiger partial charge in [0.05, 0.1) is 0 Å². The number of hydrogen-bond donors (Lipinski definition) is 0. The molecule has 0 saturated carbocycles. The zero-order valence-electron chi connectivity index (χ0n) is 16.3. The molecule has 0 radical (unpaired) electrons. The van der Waals surface area contributed by atoms with Gasteiger partial charge in [-0.3, -0.25) is 0 Å². The van der Waals surface area contributed by atoms with Crippen LogP contribution in [0.4, 0.5) is 0 Å².